The first kappa shape index (κ1) is 14.3. The molecular weight excluding hydrogens is 268 g/mol. The number of nitrogens with zero attached hydrogens (tertiary/aromatic N) is 2. The zero-order valence-corrected chi connectivity index (χ0v) is 11.3. The van der Waals surface area contributed by atoms with E-state index < -0.39 is 4.92 Å². The van der Waals surface area contributed by atoms with Gasteiger partial charge in [-0.2, -0.15) is 5.26 Å². The lowest BCUT2D eigenvalue weighted by Gasteiger charge is -2.05. The Morgan fingerprint density at radius 2 is 2.00 bits per heavy atom. The second kappa shape index (κ2) is 6.35. The van der Waals surface area contributed by atoms with E-state index in [0.29, 0.717) is 5.75 Å². The molecule has 2 aromatic carbocycles. The van der Waals surface area contributed by atoms with Crippen LogP contribution in [0.4, 0.5) is 5.69 Å². The summed E-state index contributed by atoms with van der Waals surface area (Å²) in [6, 6.07) is 15.5. The van der Waals surface area contributed by atoms with Crippen LogP contribution in [0.25, 0.3) is 11.6 Å². The molecule has 0 heterocycles. The van der Waals surface area contributed by atoms with Gasteiger partial charge in [0.2, 0.25) is 0 Å². The molecule has 0 N–H and O–H groups in total. The molecule has 0 bridgehead atoms. The Morgan fingerprint density at radius 1 is 1.29 bits per heavy atom. The third-order valence-corrected chi connectivity index (χ3v) is 2.92. The number of benzene rings is 2. The molecule has 0 spiro atoms. The summed E-state index contributed by atoms with van der Waals surface area (Å²) < 4.78 is 5.08. The van der Waals surface area contributed by atoms with Crippen molar-refractivity contribution in [3.63, 3.8) is 0 Å². The van der Waals surface area contributed by atoms with Crippen LogP contribution in [-0.4, -0.2) is 12.0 Å². The predicted octanol–water partition coefficient (Wildman–Crippen LogP) is 3.67. The minimum absolute atomic E-state index is 0.125. The van der Waals surface area contributed by atoms with Crippen LogP contribution in [0.2, 0.25) is 0 Å². The van der Waals surface area contributed by atoms with Gasteiger partial charge in [-0.05, 0) is 23.8 Å². The topological polar surface area (TPSA) is 76.2 Å². The van der Waals surface area contributed by atoms with Crippen LogP contribution in [0.1, 0.15) is 11.1 Å². The maximum atomic E-state index is 11.1. The summed E-state index contributed by atoms with van der Waals surface area (Å²) in [6.07, 6.45) is 1.61. The molecule has 0 aromatic heterocycles. The summed E-state index contributed by atoms with van der Waals surface area (Å²) in [7, 11) is 1.47. The van der Waals surface area contributed by atoms with Crippen molar-refractivity contribution < 1.29 is 9.66 Å². The summed E-state index contributed by atoms with van der Waals surface area (Å²) in [4.78, 5) is 10.6. The van der Waals surface area contributed by atoms with E-state index in [0.717, 1.165) is 5.56 Å². The van der Waals surface area contributed by atoms with Crippen molar-refractivity contribution in [1.82, 2.24) is 0 Å². The zero-order valence-electron chi connectivity index (χ0n) is 11.3. The molecule has 21 heavy (non-hydrogen) atoms. The Hall–Kier alpha value is -3.13. The van der Waals surface area contributed by atoms with E-state index in [1.807, 2.05) is 36.4 Å². The van der Waals surface area contributed by atoms with Gasteiger partial charge in [0.05, 0.1) is 23.2 Å². The van der Waals surface area contributed by atoms with Gasteiger partial charge in [0.25, 0.3) is 5.69 Å². The van der Waals surface area contributed by atoms with Gasteiger partial charge in [0.1, 0.15) is 11.8 Å². The van der Waals surface area contributed by atoms with Crippen molar-refractivity contribution >= 4 is 17.3 Å². The Kier molecular flexibility index (Phi) is 4.32. The number of rotatable bonds is 4. The molecule has 2 aromatic rings. The smallest absolute Gasteiger partial charge is 0.278 e. The summed E-state index contributed by atoms with van der Waals surface area (Å²) in [5.41, 5.74) is 1.13. The first-order valence-corrected chi connectivity index (χ1v) is 6.15. The molecule has 5 heteroatoms. The van der Waals surface area contributed by atoms with Gasteiger partial charge in [-0.25, -0.2) is 0 Å². The number of nitro benzene ring substituents is 1. The molecule has 0 amide bonds. The molecule has 0 radical (unpaired) electrons. The number of hydrogen-bond donors (Lipinski definition) is 0. The van der Waals surface area contributed by atoms with E-state index in [1.165, 1.54) is 25.3 Å². The first-order valence-electron chi connectivity index (χ1n) is 6.15. The van der Waals surface area contributed by atoms with E-state index >= 15 is 0 Å². The van der Waals surface area contributed by atoms with Gasteiger partial charge in [0.15, 0.2) is 0 Å². The number of ether oxygens (including phenoxy) is 1. The molecule has 0 aliphatic carbocycles. The van der Waals surface area contributed by atoms with Crippen molar-refractivity contribution in [2.75, 3.05) is 7.11 Å². The molecule has 0 saturated carbocycles. The molecule has 0 unspecified atom stereocenters. The molecular formula is C16H12N2O3. The maximum Gasteiger partial charge on any atom is 0.278 e. The number of hydrogen-bond acceptors (Lipinski definition) is 4. The van der Waals surface area contributed by atoms with Crippen LogP contribution in [0, 0.1) is 21.4 Å². The fraction of sp³-hybridized carbons (Fsp3) is 0.0625. The van der Waals surface area contributed by atoms with E-state index in [-0.39, 0.29) is 16.8 Å². The number of nitro groups is 1. The number of methoxy groups -OCH3 is 1. The van der Waals surface area contributed by atoms with Gasteiger partial charge >= 0.3 is 0 Å². The van der Waals surface area contributed by atoms with Crippen LogP contribution >= 0.6 is 0 Å². The van der Waals surface area contributed by atoms with Crippen LogP contribution in [0.5, 0.6) is 5.75 Å². The highest BCUT2D eigenvalue weighted by atomic mass is 16.6. The Bertz CT molecular complexity index is 731. The lowest BCUT2D eigenvalue weighted by molar-refractivity contribution is -0.385. The van der Waals surface area contributed by atoms with Gasteiger partial charge in [-0.15, -0.1) is 0 Å². The fourth-order valence-electron chi connectivity index (χ4n) is 1.90. The first-order chi connectivity index (χ1) is 10.2. The lowest BCUT2D eigenvalue weighted by Crippen LogP contribution is -1.95. The zero-order chi connectivity index (χ0) is 15.2. The summed E-state index contributed by atoms with van der Waals surface area (Å²) >= 11 is 0. The quantitative estimate of drug-likeness (QED) is 0.370. The van der Waals surface area contributed by atoms with Gasteiger partial charge in [-0.1, -0.05) is 30.3 Å². The minimum atomic E-state index is -0.509. The summed E-state index contributed by atoms with van der Waals surface area (Å²) in [5, 5.41) is 20.5. The minimum Gasteiger partial charge on any atom is -0.497 e. The average molecular weight is 280 g/mol. The van der Waals surface area contributed by atoms with Gasteiger partial charge < -0.3 is 4.74 Å². The van der Waals surface area contributed by atoms with E-state index in [4.69, 9.17) is 4.74 Å². The van der Waals surface area contributed by atoms with Crippen molar-refractivity contribution in [2.24, 2.45) is 0 Å². The lowest BCUT2D eigenvalue weighted by atomic mass is 10.0. The van der Waals surface area contributed by atoms with E-state index in [9.17, 15) is 15.4 Å². The van der Waals surface area contributed by atoms with Crippen molar-refractivity contribution in [3.05, 3.63) is 69.8 Å². The maximum absolute atomic E-state index is 11.1. The molecule has 2 rings (SSSR count). The normalized spacial score (nSPS) is 10.8. The molecule has 104 valence electrons. The highest BCUT2D eigenvalue weighted by molar-refractivity contribution is 5.92. The number of nitriles is 1. The Balaban J connectivity index is 2.59. The molecule has 0 aliphatic rings. The van der Waals surface area contributed by atoms with Crippen LogP contribution in [0.15, 0.2) is 48.5 Å². The third-order valence-electron chi connectivity index (χ3n) is 2.92. The largest absolute Gasteiger partial charge is 0.497 e. The standard InChI is InChI=1S/C16H12N2O3/c1-21-14-7-8-16(18(19)20)15(10-14)13(11-17)9-12-5-3-2-4-6-12/h2-10H,1H3. The van der Waals surface area contributed by atoms with Gasteiger partial charge in [-0.3, -0.25) is 10.1 Å². The monoisotopic (exact) mass is 280 g/mol. The summed E-state index contributed by atoms with van der Waals surface area (Å²) in [6.45, 7) is 0. The second-order valence-corrected chi connectivity index (χ2v) is 4.22. The third kappa shape index (κ3) is 3.25. The summed E-state index contributed by atoms with van der Waals surface area (Å²) in [5.74, 6) is 0.463. The molecule has 5 nitrogen and oxygen atoms in total. The molecule has 0 aliphatic heterocycles. The Morgan fingerprint density at radius 3 is 2.57 bits per heavy atom. The van der Waals surface area contributed by atoms with Crippen molar-refractivity contribution in [2.45, 2.75) is 0 Å². The average Bonchev–Trinajstić information content (AvgIpc) is 2.52. The fourth-order valence-corrected chi connectivity index (χ4v) is 1.90. The predicted molar refractivity (Wildman–Crippen MR) is 79.6 cm³/mol. The van der Waals surface area contributed by atoms with Gasteiger partial charge in [0, 0.05) is 6.07 Å². The SMILES string of the molecule is COc1ccc([N+](=O)[O-])c(C(C#N)=Cc2ccccc2)c1. The van der Waals surface area contributed by atoms with Crippen LogP contribution in [-0.2, 0) is 0 Å². The highest BCUT2D eigenvalue weighted by Gasteiger charge is 2.18. The van der Waals surface area contributed by atoms with Crippen LogP contribution in [0.3, 0.4) is 0 Å². The van der Waals surface area contributed by atoms with E-state index in [1.54, 1.807) is 6.08 Å². The Labute approximate surface area is 121 Å². The van der Waals surface area contributed by atoms with Crippen molar-refractivity contribution in [1.29, 1.82) is 5.26 Å². The highest BCUT2D eigenvalue weighted by Crippen LogP contribution is 2.30. The van der Waals surface area contributed by atoms with Crippen LogP contribution < -0.4 is 4.74 Å². The van der Waals surface area contributed by atoms with Crippen molar-refractivity contribution in [3.8, 4) is 11.8 Å². The molecule has 0 atom stereocenters. The van der Waals surface area contributed by atoms with E-state index in [2.05, 4.69) is 0 Å². The second-order valence-electron chi connectivity index (χ2n) is 4.22. The number of allylic oxidation sites excluding steroid dienone is 1. The molecule has 0 fully saturated rings. The molecule has 0 saturated heterocycles.